The summed E-state index contributed by atoms with van der Waals surface area (Å²) in [5.41, 5.74) is 2.08. The van der Waals surface area contributed by atoms with Gasteiger partial charge in [-0.05, 0) is 38.5 Å². The lowest BCUT2D eigenvalue weighted by atomic mass is 10.3. The molecule has 0 amide bonds. The molecule has 108 valence electrons. The number of aryl methyl sites for hydroxylation is 2. The molecule has 0 bridgehead atoms. The third-order valence-electron chi connectivity index (χ3n) is 2.85. The van der Waals surface area contributed by atoms with E-state index in [2.05, 4.69) is 17.2 Å². The van der Waals surface area contributed by atoms with Gasteiger partial charge in [0.15, 0.2) is 0 Å². The van der Waals surface area contributed by atoms with Crippen LogP contribution in [-0.4, -0.2) is 11.6 Å². The summed E-state index contributed by atoms with van der Waals surface area (Å²) in [5, 5.41) is 5.11. The zero-order valence-corrected chi connectivity index (χ0v) is 13.6. The van der Waals surface area contributed by atoms with Crippen molar-refractivity contribution in [1.82, 2.24) is 4.98 Å². The first kappa shape index (κ1) is 15.1. The Hall–Kier alpha value is -1.26. The van der Waals surface area contributed by atoms with E-state index in [9.17, 15) is 0 Å². The molecule has 0 atom stereocenters. The van der Waals surface area contributed by atoms with Gasteiger partial charge in [-0.1, -0.05) is 18.5 Å². The SMILES string of the molecule is CCCOc1ccc(NCc2sc(C)nc2C)cc1Cl. The average molecular weight is 311 g/mol. The molecule has 1 heterocycles. The molecule has 0 saturated carbocycles. The van der Waals surface area contributed by atoms with Crippen LogP contribution in [0.5, 0.6) is 5.75 Å². The Balaban J connectivity index is 2.00. The van der Waals surface area contributed by atoms with Crippen molar-refractivity contribution in [2.75, 3.05) is 11.9 Å². The van der Waals surface area contributed by atoms with Crippen molar-refractivity contribution in [2.24, 2.45) is 0 Å². The van der Waals surface area contributed by atoms with Crippen LogP contribution in [0, 0.1) is 13.8 Å². The first-order valence-corrected chi connectivity index (χ1v) is 7.88. The van der Waals surface area contributed by atoms with Gasteiger partial charge in [0, 0.05) is 10.6 Å². The van der Waals surface area contributed by atoms with Gasteiger partial charge in [-0.3, -0.25) is 0 Å². The second-order valence-electron chi connectivity index (χ2n) is 4.59. The quantitative estimate of drug-likeness (QED) is 0.831. The number of thiazole rings is 1. The first-order valence-electron chi connectivity index (χ1n) is 6.69. The number of hydrogen-bond donors (Lipinski definition) is 1. The van der Waals surface area contributed by atoms with Crippen LogP contribution < -0.4 is 10.1 Å². The van der Waals surface area contributed by atoms with E-state index in [1.54, 1.807) is 11.3 Å². The molecule has 3 nitrogen and oxygen atoms in total. The molecule has 0 aliphatic carbocycles. The zero-order chi connectivity index (χ0) is 14.5. The second kappa shape index (κ2) is 6.95. The number of anilines is 1. The fourth-order valence-electron chi connectivity index (χ4n) is 1.86. The lowest BCUT2D eigenvalue weighted by Crippen LogP contribution is -2.00. The summed E-state index contributed by atoms with van der Waals surface area (Å²) in [6.45, 7) is 7.59. The van der Waals surface area contributed by atoms with E-state index in [-0.39, 0.29) is 0 Å². The summed E-state index contributed by atoms with van der Waals surface area (Å²) < 4.78 is 5.56. The van der Waals surface area contributed by atoms with Crippen molar-refractivity contribution in [2.45, 2.75) is 33.7 Å². The van der Waals surface area contributed by atoms with Crippen molar-refractivity contribution < 1.29 is 4.74 Å². The molecular formula is C15H19ClN2OS. The van der Waals surface area contributed by atoms with Crippen molar-refractivity contribution in [1.29, 1.82) is 0 Å². The molecule has 0 radical (unpaired) electrons. The standard InChI is InChI=1S/C15H19ClN2OS/c1-4-7-19-14-6-5-12(8-13(14)16)17-9-15-10(2)18-11(3)20-15/h5-6,8,17H,4,7,9H2,1-3H3. The summed E-state index contributed by atoms with van der Waals surface area (Å²) in [7, 11) is 0. The molecule has 0 fully saturated rings. The highest BCUT2D eigenvalue weighted by Crippen LogP contribution is 2.28. The van der Waals surface area contributed by atoms with Crippen LogP contribution in [0.25, 0.3) is 0 Å². The van der Waals surface area contributed by atoms with E-state index >= 15 is 0 Å². The van der Waals surface area contributed by atoms with Crippen molar-refractivity contribution in [3.05, 3.63) is 38.8 Å². The van der Waals surface area contributed by atoms with Gasteiger partial charge >= 0.3 is 0 Å². The largest absolute Gasteiger partial charge is 0.492 e. The molecule has 0 saturated heterocycles. The number of halogens is 1. The molecule has 0 unspecified atom stereocenters. The number of nitrogens with one attached hydrogen (secondary N) is 1. The molecule has 20 heavy (non-hydrogen) atoms. The Morgan fingerprint density at radius 2 is 2.15 bits per heavy atom. The van der Waals surface area contributed by atoms with E-state index in [1.807, 2.05) is 32.0 Å². The van der Waals surface area contributed by atoms with E-state index < -0.39 is 0 Å². The summed E-state index contributed by atoms with van der Waals surface area (Å²) in [4.78, 5) is 5.68. The van der Waals surface area contributed by atoms with E-state index in [0.29, 0.717) is 11.6 Å². The van der Waals surface area contributed by atoms with Crippen molar-refractivity contribution in [3.63, 3.8) is 0 Å². The minimum Gasteiger partial charge on any atom is -0.492 e. The lowest BCUT2D eigenvalue weighted by Gasteiger charge is -2.10. The normalized spacial score (nSPS) is 10.6. The van der Waals surface area contributed by atoms with Gasteiger partial charge < -0.3 is 10.1 Å². The fraction of sp³-hybridized carbons (Fsp3) is 0.400. The number of nitrogens with zero attached hydrogens (tertiary/aromatic N) is 1. The van der Waals surface area contributed by atoms with Crippen LogP contribution in [0.4, 0.5) is 5.69 Å². The van der Waals surface area contributed by atoms with E-state index in [0.717, 1.165) is 35.1 Å². The Kier molecular flexibility index (Phi) is 5.26. The molecule has 1 N–H and O–H groups in total. The fourth-order valence-corrected chi connectivity index (χ4v) is 2.97. The van der Waals surface area contributed by atoms with Gasteiger partial charge in [0.2, 0.25) is 0 Å². The topological polar surface area (TPSA) is 34.1 Å². The minimum absolute atomic E-state index is 0.639. The molecular weight excluding hydrogens is 292 g/mol. The number of rotatable bonds is 6. The maximum atomic E-state index is 6.21. The third kappa shape index (κ3) is 3.87. The summed E-state index contributed by atoms with van der Waals surface area (Å²) >= 11 is 7.93. The number of hydrogen-bond acceptors (Lipinski definition) is 4. The zero-order valence-electron chi connectivity index (χ0n) is 12.0. The maximum absolute atomic E-state index is 6.21. The van der Waals surface area contributed by atoms with Crippen LogP contribution in [-0.2, 0) is 6.54 Å². The molecule has 2 aromatic rings. The van der Waals surface area contributed by atoms with Crippen LogP contribution in [0.15, 0.2) is 18.2 Å². The van der Waals surface area contributed by atoms with Gasteiger partial charge in [-0.15, -0.1) is 11.3 Å². The summed E-state index contributed by atoms with van der Waals surface area (Å²) in [6, 6.07) is 5.79. The monoisotopic (exact) mass is 310 g/mol. The van der Waals surface area contributed by atoms with Gasteiger partial charge in [-0.2, -0.15) is 0 Å². The van der Waals surface area contributed by atoms with Crippen molar-refractivity contribution in [3.8, 4) is 5.75 Å². The van der Waals surface area contributed by atoms with Crippen LogP contribution in [0.2, 0.25) is 5.02 Å². The average Bonchev–Trinajstić information content (AvgIpc) is 2.73. The second-order valence-corrected chi connectivity index (χ2v) is 6.28. The Labute approximate surface area is 129 Å². The number of benzene rings is 1. The third-order valence-corrected chi connectivity index (χ3v) is 4.21. The van der Waals surface area contributed by atoms with E-state index in [1.165, 1.54) is 4.88 Å². The molecule has 0 aliphatic rings. The molecule has 0 aliphatic heterocycles. The van der Waals surface area contributed by atoms with Gasteiger partial charge in [0.05, 0.1) is 28.9 Å². The number of ether oxygens (including phenoxy) is 1. The van der Waals surface area contributed by atoms with Gasteiger partial charge in [0.25, 0.3) is 0 Å². The highest BCUT2D eigenvalue weighted by Gasteiger charge is 2.06. The highest BCUT2D eigenvalue weighted by molar-refractivity contribution is 7.11. The van der Waals surface area contributed by atoms with Crippen LogP contribution in [0.1, 0.15) is 28.9 Å². The van der Waals surface area contributed by atoms with Gasteiger partial charge in [-0.25, -0.2) is 4.98 Å². The molecule has 2 rings (SSSR count). The Bertz CT molecular complexity index is 583. The minimum atomic E-state index is 0.639. The van der Waals surface area contributed by atoms with Crippen LogP contribution >= 0.6 is 22.9 Å². The smallest absolute Gasteiger partial charge is 0.138 e. The lowest BCUT2D eigenvalue weighted by molar-refractivity contribution is 0.317. The molecule has 0 spiro atoms. The molecule has 1 aromatic carbocycles. The Morgan fingerprint density at radius 1 is 1.35 bits per heavy atom. The predicted octanol–water partition coefficient (Wildman–Crippen LogP) is 4.81. The molecule has 1 aromatic heterocycles. The van der Waals surface area contributed by atoms with E-state index in [4.69, 9.17) is 16.3 Å². The maximum Gasteiger partial charge on any atom is 0.138 e. The highest BCUT2D eigenvalue weighted by atomic mass is 35.5. The van der Waals surface area contributed by atoms with Crippen molar-refractivity contribution >= 4 is 28.6 Å². The van der Waals surface area contributed by atoms with Crippen LogP contribution in [0.3, 0.4) is 0 Å². The first-order chi connectivity index (χ1) is 9.60. The molecule has 5 heteroatoms. The van der Waals surface area contributed by atoms with Gasteiger partial charge in [0.1, 0.15) is 5.75 Å². The summed E-state index contributed by atoms with van der Waals surface area (Å²) in [6.07, 6.45) is 0.973. The predicted molar refractivity (Wildman–Crippen MR) is 86.2 cm³/mol. The Morgan fingerprint density at radius 3 is 2.75 bits per heavy atom. The summed E-state index contributed by atoms with van der Waals surface area (Å²) in [5.74, 6) is 0.740. The number of aromatic nitrogens is 1.